The fourth-order valence-corrected chi connectivity index (χ4v) is 2.89. The van der Waals surface area contributed by atoms with Crippen LogP contribution in [0.2, 0.25) is 0 Å². The van der Waals surface area contributed by atoms with Gasteiger partial charge in [-0.3, -0.25) is 4.90 Å². The second-order valence-electron chi connectivity index (χ2n) is 5.69. The molecule has 1 nitrogen and oxygen atoms in total. The number of fused-ring (bicyclic) bond motifs is 1. The summed E-state index contributed by atoms with van der Waals surface area (Å²) < 4.78 is 0. The molecule has 1 aliphatic heterocycles. The largest absolute Gasteiger partial charge is 0.300 e. The maximum Gasteiger partial charge on any atom is 0.0144 e. The van der Waals surface area contributed by atoms with Crippen LogP contribution in [0.25, 0.3) is 0 Å². The quantitative estimate of drug-likeness (QED) is 0.536. The first-order valence-electron chi connectivity index (χ1n) is 5.22. The van der Waals surface area contributed by atoms with Crippen LogP contribution in [0, 0.1) is 11.3 Å². The lowest BCUT2D eigenvalue weighted by molar-refractivity contribution is 0.0807. The second-order valence-corrected chi connectivity index (χ2v) is 5.69. The van der Waals surface area contributed by atoms with Gasteiger partial charge in [0.25, 0.3) is 0 Å². The van der Waals surface area contributed by atoms with Gasteiger partial charge in [-0.1, -0.05) is 20.8 Å². The maximum absolute atomic E-state index is 2.63. The van der Waals surface area contributed by atoms with Crippen molar-refractivity contribution in [3.8, 4) is 0 Å². The third kappa shape index (κ3) is 1.28. The van der Waals surface area contributed by atoms with Gasteiger partial charge in [0.15, 0.2) is 0 Å². The van der Waals surface area contributed by atoms with E-state index in [1.54, 1.807) is 0 Å². The van der Waals surface area contributed by atoms with E-state index in [4.69, 9.17) is 0 Å². The van der Waals surface area contributed by atoms with Gasteiger partial charge >= 0.3 is 0 Å². The lowest BCUT2D eigenvalue weighted by Crippen LogP contribution is -2.45. The van der Waals surface area contributed by atoms with Crippen LogP contribution in [0.15, 0.2) is 0 Å². The van der Waals surface area contributed by atoms with Crippen molar-refractivity contribution in [3.63, 3.8) is 0 Å². The third-order valence-electron chi connectivity index (χ3n) is 3.71. The molecule has 1 heteroatoms. The van der Waals surface area contributed by atoms with E-state index in [9.17, 15) is 0 Å². The molecule has 2 rings (SSSR count). The minimum absolute atomic E-state index is 0.475. The molecule has 2 aliphatic rings. The summed E-state index contributed by atoms with van der Waals surface area (Å²) in [6.45, 7) is 7.12. The van der Waals surface area contributed by atoms with Crippen molar-refractivity contribution in [2.24, 2.45) is 11.3 Å². The van der Waals surface area contributed by atoms with Crippen molar-refractivity contribution in [1.29, 1.82) is 0 Å². The average molecular weight is 167 g/mol. The van der Waals surface area contributed by atoms with Crippen LogP contribution in [-0.4, -0.2) is 24.0 Å². The molecule has 0 radical (unpaired) electrons. The van der Waals surface area contributed by atoms with E-state index in [0.29, 0.717) is 5.41 Å². The molecule has 3 atom stereocenters. The third-order valence-corrected chi connectivity index (χ3v) is 3.71. The van der Waals surface area contributed by atoms with E-state index in [1.807, 2.05) is 0 Å². The summed E-state index contributed by atoms with van der Waals surface area (Å²) in [6, 6.07) is 1.77. The van der Waals surface area contributed by atoms with Crippen molar-refractivity contribution in [3.05, 3.63) is 0 Å². The monoisotopic (exact) mass is 167 g/mol. The molecule has 1 saturated carbocycles. The van der Waals surface area contributed by atoms with E-state index in [1.165, 1.54) is 19.3 Å². The Bertz CT molecular complexity index is 180. The summed E-state index contributed by atoms with van der Waals surface area (Å²) in [7, 11) is 2.32. The molecule has 1 saturated heterocycles. The van der Waals surface area contributed by atoms with E-state index >= 15 is 0 Å². The zero-order chi connectivity index (χ0) is 8.93. The molecular formula is C11H21N. The van der Waals surface area contributed by atoms with Gasteiger partial charge in [0.05, 0.1) is 0 Å². The molecule has 0 aromatic carbocycles. The predicted octanol–water partition coefficient (Wildman–Crippen LogP) is 2.52. The number of likely N-dealkylation sites (tertiary alicyclic amines) is 1. The molecule has 0 bridgehead atoms. The summed E-state index contributed by atoms with van der Waals surface area (Å²) in [4.78, 5) is 2.63. The summed E-state index contributed by atoms with van der Waals surface area (Å²) in [5.41, 5.74) is 0.475. The van der Waals surface area contributed by atoms with Crippen molar-refractivity contribution in [2.45, 2.75) is 52.1 Å². The SMILES string of the molecule is CN1C2CC2CCC1C(C)(C)C. The molecule has 3 unspecified atom stereocenters. The Morgan fingerprint density at radius 2 is 1.83 bits per heavy atom. The van der Waals surface area contributed by atoms with Crippen LogP contribution in [0.5, 0.6) is 0 Å². The number of piperidine rings is 1. The van der Waals surface area contributed by atoms with Gasteiger partial charge in [-0.05, 0) is 37.6 Å². The molecule has 1 aliphatic carbocycles. The fourth-order valence-electron chi connectivity index (χ4n) is 2.89. The van der Waals surface area contributed by atoms with Crippen molar-refractivity contribution in [1.82, 2.24) is 4.90 Å². The van der Waals surface area contributed by atoms with Gasteiger partial charge in [-0.25, -0.2) is 0 Å². The number of hydrogen-bond acceptors (Lipinski definition) is 1. The molecule has 1 heterocycles. The maximum atomic E-state index is 2.63. The number of hydrogen-bond donors (Lipinski definition) is 0. The highest BCUT2D eigenvalue weighted by Crippen LogP contribution is 2.47. The molecular weight excluding hydrogens is 146 g/mol. The first-order valence-corrected chi connectivity index (χ1v) is 5.22. The minimum Gasteiger partial charge on any atom is -0.300 e. The molecule has 0 spiro atoms. The average Bonchev–Trinajstić information content (AvgIpc) is 2.63. The van der Waals surface area contributed by atoms with Crippen molar-refractivity contribution >= 4 is 0 Å². The Kier molecular flexibility index (Phi) is 1.76. The van der Waals surface area contributed by atoms with Crippen LogP contribution >= 0.6 is 0 Å². The molecule has 0 N–H and O–H groups in total. The Labute approximate surface area is 76.1 Å². The van der Waals surface area contributed by atoms with E-state index in [-0.39, 0.29) is 0 Å². The van der Waals surface area contributed by atoms with Gasteiger partial charge in [0, 0.05) is 12.1 Å². The highest BCUT2D eigenvalue weighted by Gasteiger charge is 2.48. The summed E-state index contributed by atoms with van der Waals surface area (Å²) in [6.07, 6.45) is 4.38. The number of rotatable bonds is 0. The Morgan fingerprint density at radius 3 is 2.42 bits per heavy atom. The predicted molar refractivity (Wildman–Crippen MR) is 52.1 cm³/mol. The van der Waals surface area contributed by atoms with Crippen molar-refractivity contribution < 1.29 is 0 Å². The smallest absolute Gasteiger partial charge is 0.0144 e. The first-order chi connectivity index (χ1) is 5.50. The topological polar surface area (TPSA) is 3.24 Å². The summed E-state index contributed by atoms with van der Waals surface area (Å²) in [5.74, 6) is 1.06. The van der Waals surface area contributed by atoms with Gasteiger partial charge in [-0.15, -0.1) is 0 Å². The van der Waals surface area contributed by atoms with E-state index < -0.39 is 0 Å². The lowest BCUT2D eigenvalue weighted by Gasteiger charge is -2.41. The Morgan fingerprint density at radius 1 is 1.17 bits per heavy atom. The molecule has 70 valence electrons. The van der Waals surface area contributed by atoms with Gasteiger partial charge in [0.2, 0.25) is 0 Å². The fraction of sp³-hybridized carbons (Fsp3) is 1.00. The van der Waals surface area contributed by atoms with Gasteiger partial charge in [0.1, 0.15) is 0 Å². The van der Waals surface area contributed by atoms with Crippen LogP contribution in [0.4, 0.5) is 0 Å². The van der Waals surface area contributed by atoms with Crippen molar-refractivity contribution in [2.75, 3.05) is 7.05 Å². The molecule has 12 heavy (non-hydrogen) atoms. The normalized spacial score (nSPS) is 42.5. The number of nitrogens with zero attached hydrogens (tertiary/aromatic N) is 1. The highest BCUT2D eigenvalue weighted by atomic mass is 15.2. The highest BCUT2D eigenvalue weighted by molar-refractivity contribution is 5.02. The zero-order valence-electron chi connectivity index (χ0n) is 8.80. The summed E-state index contributed by atoms with van der Waals surface area (Å²) in [5, 5.41) is 0. The molecule has 0 aromatic heterocycles. The van der Waals surface area contributed by atoms with Gasteiger partial charge < -0.3 is 0 Å². The summed E-state index contributed by atoms with van der Waals surface area (Å²) >= 11 is 0. The zero-order valence-corrected chi connectivity index (χ0v) is 8.80. The van der Waals surface area contributed by atoms with Crippen LogP contribution in [0.1, 0.15) is 40.0 Å². The standard InChI is InChI=1S/C11H21N/c1-11(2,3)10-6-5-8-7-9(8)12(10)4/h8-10H,5-7H2,1-4H3. The molecule has 0 amide bonds. The second kappa shape index (κ2) is 2.47. The van der Waals surface area contributed by atoms with E-state index in [0.717, 1.165) is 18.0 Å². The Hall–Kier alpha value is -0.0400. The van der Waals surface area contributed by atoms with Crippen LogP contribution in [-0.2, 0) is 0 Å². The first kappa shape index (κ1) is 8.55. The Balaban J connectivity index is 2.06. The van der Waals surface area contributed by atoms with Gasteiger partial charge in [-0.2, -0.15) is 0 Å². The lowest BCUT2D eigenvalue weighted by atomic mass is 9.81. The van der Waals surface area contributed by atoms with Crippen LogP contribution < -0.4 is 0 Å². The van der Waals surface area contributed by atoms with Crippen LogP contribution in [0.3, 0.4) is 0 Å². The van der Waals surface area contributed by atoms with E-state index in [2.05, 4.69) is 32.7 Å². The minimum atomic E-state index is 0.475. The molecule has 2 fully saturated rings. The molecule has 0 aromatic rings.